The highest BCUT2D eigenvalue weighted by Crippen LogP contribution is 2.64. The highest BCUT2D eigenvalue weighted by molar-refractivity contribution is 9.10. The molecule has 23 heteroatoms. The number of nitrogens with two attached hydrogens (primary N) is 2. The van der Waals surface area contributed by atoms with Gasteiger partial charge in [0.15, 0.2) is 0 Å². The van der Waals surface area contributed by atoms with Gasteiger partial charge >= 0.3 is 22.3 Å². The second kappa shape index (κ2) is 26.3. The first-order valence-corrected chi connectivity index (χ1v) is 33.9. The van der Waals surface area contributed by atoms with Gasteiger partial charge in [0.25, 0.3) is 0 Å². The summed E-state index contributed by atoms with van der Waals surface area (Å²) in [7, 11) is -4.67. The Morgan fingerprint density at radius 3 is 0.893 bits per heavy atom. The first-order valence-electron chi connectivity index (χ1n) is 30.9. The standard InChI is InChI=1S/C12H17Br2NO.C12H19NO3.C12H19NO.C10H17NO2.C10H17N.C4H6O3.CH4.ClH.H2O4S/c1-7(16)15-10-8-2-11(13)4-9(10)5-12(14,3-8)6-11;1-7(14)13-10-8-2-11(15)4-9(10)5-12(16,3-8)6-11;1-7(14)13-12-10-3-8-2-9(5-10)6-11(12)4-8;11-8-6-1-9(12)3-7(8)4-10(13,2-6)5-9;11-10-8-2-6-1-7(4-8)5-9(10)3-6;1-3(5)7-4(2)6;;;1-5(2,3)4/h8-10H,2-6H2,1H3,(H,15,16);8-10,15-16H,2-6H2,1H3,(H,13,14);8-12H,2-6H2,1H3,(H,13,14);6-8,12-13H,1-5,11H2;6-10H,1-5,11H2;1-2H3;1H4;1H;(H2,1,2,3,4). The van der Waals surface area contributed by atoms with E-state index < -0.39 is 44.7 Å². The Hall–Kier alpha value is -1.57. The fourth-order valence-electron chi connectivity index (χ4n) is 21.6. The molecule has 19 nitrogen and oxygen atoms in total. The smallest absolute Gasteiger partial charge is 0.394 e. The molecule has 20 bridgehead atoms. The molecule has 20 saturated carbocycles. The summed E-state index contributed by atoms with van der Waals surface area (Å²) < 4.78 is 36.2. The van der Waals surface area contributed by atoms with Crippen LogP contribution in [0.3, 0.4) is 0 Å². The molecule has 0 radical (unpaired) electrons. The Morgan fingerprint density at radius 1 is 0.417 bits per heavy atom. The fraction of sp³-hybridized carbons (Fsp3) is 0.918. The Bertz CT molecular complexity index is 2260. The van der Waals surface area contributed by atoms with E-state index in [4.69, 9.17) is 29.0 Å². The molecular weight excluding hydrogens is 1250 g/mol. The van der Waals surface area contributed by atoms with Gasteiger partial charge in [-0.1, -0.05) is 39.3 Å². The van der Waals surface area contributed by atoms with E-state index in [9.17, 15) is 44.4 Å². The number of carbonyl (C=O) groups excluding carboxylic acids is 5. The molecule has 20 fully saturated rings. The van der Waals surface area contributed by atoms with Crippen molar-refractivity contribution in [3.8, 4) is 0 Å². The Morgan fingerprint density at radius 2 is 0.643 bits per heavy atom. The zero-order chi connectivity index (χ0) is 59.9. The van der Waals surface area contributed by atoms with Crippen molar-refractivity contribution in [3.63, 3.8) is 0 Å². The summed E-state index contributed by atoms with van der Waals surface area (Å²) in [4.78, 5) is 53.2. The number of halogens is 3. The molecule has 3 amide bonds. The van der Waals surface area contributed by atoms with Crippen molar-refractivity contribution in [1.82, 2.24) is 16.0 Å². The highest BCUT2D eigenvalue weighted by Gasteiger charge is 2.63. The van der Waals surface area contributed by atoms with Crippen LogP contribution in [0.1, 0.15) is 203 Å². The molecule has 0 aromatic heterocycles. The molecule has 482 valence electrons. The average molecular weight is 1360 g/mol. The third-order valence-electron chi connectivity index (χ3n) is 22.6. The lowest BCUT2D eigenvalue weighted by Crippen LogP contribution is -2.67. The number of alkyl halides is 2. The van der Waals surface area contributed by atoms with Gasteiger partial charge in [0.2, 0.25) is 17.7 Å². The van der Waals surface area contributed by atoms with Crippen LogP contribution in [0.15, 0.2) is 0 Å². The van der Waals surface area contributed by atoms with E-state index in [0.29, 0.717) is 63.3 Å². The van der Waals surface area contributed by atoms with Gasteiger partial charge in [-0.15, -0.1) is 12.4 Å². The van der Waals surface area contributed by atoms with E-state index in [2.05, 4.69) is 52.5 Å². The lowest BCUT2D eigenvalue weighted by Gasteiger charge is -2.61. The van der Waals surface area contributed by atoms with Gasteiger partial charge in [-0.2, -0.15) is 8.42 Å². The second-order valence-electron chi connectivity index (χ2n) is 30.0. The van der Waals surface area contributed by atoms with Gasteiger partial charge in [-0.05, 0) is 231 Å². The summed E-state index contributed by atoms with van der Waals surface area (Å²) in [5.74, 6) is 9.34. The Kier molecular flexibility index (Phi) is 21.9. The normalized spacial score (nSPS) is 48.0. The zero-order valence-electron chi connectivity index (χ0n) is 49.3. The molecule has 0 aliphatic heterocycles. The highest BCUT2D eigenvalue weighted by atomic mass is 79.9. The van der Waals surface area contributed by atoms with Crippen LogP contribution in [0, 0.1) is 82.9 Å². The lowest BCUT2D eigenvalue weighted by atomic mass is 9.50. The monoisotopic (exact) mass is 1350 g/mol. The first kappa shape index (κ1) is 69.9. The summed E-state index contributed by atoms with van der Waals surface area (Å²) in [5, 5.41) is 50.4. The number of amides is 3. The van der Waals surface area contributed by atoms with E-state index in [1.54, 1.807) is 20.3 Å². The van der Waals surface area contributed by atoms with Crippen molar-refractivity contribution in [3.05, 3.63) is 0 Å². The summed E-state index contributed by atoms with van der Waals surface area (Å²) >= 11 is 7.89. The number of aliphatic hydroxyl groups is 4. The maximum atomic E-state index is 11.3. The molecule has 84 heavy (non-hydrogen) atoms. The van der Waals surface area contributed by atoms with Gasteiger partial charge in [0.1, 0.15) is 0 Å². The number of esters is 2. The van der Waals surface area contributed by atoms with Crippen molar-refractivity contribution in [2.75, 3.05) is 0 Å². The SMILES string of the molecule is C.CC(=O)NC1C2CC3(Br)CC1CC(Br)(C2)C3.CC(=O)NC1C2CC3(O)CC1CC(O)(C2)C3.CC(=O)NC1C2CC3CC(C2)CC1C3.CC(=O)OC(C)=O.Cl.NC1C2CC3(O)CC1CC(O)(C2)C3.NC1C2CC3CC(C2)CC1C3.O=S(=O)(O)O. The number of ether oxygens (including phenoxy) is 1. The predicted molar refractivity (Wildman–Crippen MR) is 327 cm³/mol. The van der Waals surface area contributed by atoms with Crippen LogP contribution < -0.4 is 27.4 Å². The molecule has 0 spiro atoms. The summed E-state index contributed by atoms with van der Waals surface area (Å²) in [6.45, 7) is 7.20. The van der Waals surface area contributed by atoms with E-state index >= 15 is 0 Å². The minimum absolute atomic E-state index is 0. The lowest BCUT2D eigenvalue weighted by molar-refractivity contribution is -0.209. The minimum atomic E-state index is -4.67. The number of carbonyl (C=O) groups is 5. The van der Waals surface area contributed by atoms with Crippen LogP contribution in [0.4, 0.5) is 0 Å². The molecule has 20 aliphatic rings. The molecule has 0 saturated heterocycles. The van der Waals surface area contributed by atoms with Gasteiger partial charge in [0.05, 0.1) is 22.4 Å². The van der Waals surface area contributed by atoms with Crippen molar-refractivity contribution in [2.24, 2.45) is 94.3 Å². The van der Waals surface area contributed by atoms with Crippen molar-refractivity contribution in [2.45, 2.75) is 264 Å². The van der Waals surface area contributed by atoms with E-state index in [0.717, 1.165) is 98.7 Å². The second-order valence-corrected chi connectivity index (χ2v) is 34.2. The van der Waals surface area contributed by atoms with Crippen LogP contribution in [0.25, 0.3) is 0 Å². The molecule has 0 heterocycles. The Labute approximate surface area is 522 Å². The number of hydrogen-bond acceptors (Lipinski definition) is 14. The summed E-state index contributed by atoms with van der Waals surface area (Å²) in [5.41, 5.74) is 9.71. The van der Waals surface area contributed by atoms with Gasteiger partial charge in [-0.3, -0.25) is 33.1 Å². The van der Waals surface area contributed by atoms with E-state index in [-0.39, 0.29) is 61.5 Å². The molecule has 20 aliphatic carbocycles. The van der Waals surface area contributed by atoms with Crippen LogP contribution in [0.2, 0.25) is 0 Å². The van der Waals surface area contributed by atoms with Crippen LogP contribution in [0.5, 0.6) is 0 Å². The van der Waals surface area contributed by atoms with Crippen LogP contribution >= 0.6 is 44.3 Å². The van der Waals surface area contributed by atoms with Gasteiger partial charge in [-0.25, -0.2) is 0 Å². The number of nitrogens with one attached hydrogen (secondary N) is 3. The molecule has 0 aromatic rings. The molecule has 20 rings (SSSR count). The molecular formula is C61H102Br2ClN5O14S. The van der Waals surface area contributed by atoms with Crippen molar-refractivity contribution >= 4 is 84.3 Å². The minimum Gasteiger partial charge on any atom is -0.394 e. The summed E-state index contributed by atoms with van der Waals surface area (Å²) in [6, 6.07) is 1.93. The quantitative estimate of drug-likeness (QED) is 0.0568. The topological polar surface area (TPSA) is 338 Å². The van der Waals surface area contributed by atoms with E-state index in [1.807, 2.05) is 0 Å². The number of hydrogen-bond donors (Lipinski definition) is 11. The first-order chi connectivity index (χ1) is 38.0. The van der Waals surface area contributed by atoms with Gasteiger partial charge < -0.3 is 52.6 Å². The molecule has 0 unspecified atom stereocenters. The predicted octanol–water partition coefficient (Wildman–Crippen LogP) is 7.38. The molecule has 13 N–H and O–H groups in total. The molecule has 0 atom stereocenters. The molecule has 0 aromatic carbocycles. The largest absolute Gasteiger partial charge is 0.394 e. The van der Waals surface area contributed by atoms with Crippen LogP contribution in [-0.4, -0.2) is 129 Å². The van der Waals surface area contributed by atoms with E-state index in [1.165, 1.54) is 111 Å². The van der Waals surface area contributed by atoms with Crippen molar-refractivity contribution < 1.29 is 66.7 Å². The Balaban J connectivity index is 0.000000144. The van der Waals surface area contributed by atoms with Crippen molar-refractivity contribution in [1.29, 1.82) is 0 Å². The maximum absolute atomic E-state index is 11.3. The third-order valence-corrected chi connectivity index (χ3v) is 24.5. The number of rotatable bonds is 3. The zero-order valence-corrected chi connectivity index (χ0v) is 54.1. The fourth-order valence-corrected chi connectivity index (χ4v) is 24.7. The average Bonchev–Trinajstić information content (AvgIpc) is 3.28. The van der Waals surface area contributed by atoms with Gasteiger partial charge in [0, 0.05) is 86.3 Å². The third kappa shape index (κ3) is 17.1. The maximum Gasteiger partial charge on any atom is 0.394 e. The van der Waals surface area contributed by atoms with Crippen LogP contribution in [-0.2, 0) is 39.1 Å². The summed E-state index contributed by atoms with van der Waals surface area (Å²) in [6.07, 6.45) is 27.9.